The van der Waals surface area contributed by atoms with Crippen molar-refractivity contribution in [1.29, 1.82) is 0 Å². The molecule has 0 heterocycles. The number of hydrogen-bond donors (Lipinski definition) is 8. The van der Waals surface area contributed by atoms with E-state index in [0.29, 0.717) is 5.56 Å². The van der Waals surface area contributed by atoms with Crippen molar-refractivity contribution in [2.75, 3.05) is 26.0 Å². The summed E-state index contributed by atoms with van der Waals surface area (Å²) >= 11 is 0. The second kappa shape index (κ2) is 23.3. The number of likely N-dealkylation sites (N-methyl/N-ethyl adjacent to an activating group) is 2. The van der Waals surface area contributed by atoms with E-state index in [1.165, 1.54) is 56.3 Å². The molecule has 0 aliphatic heterocycles. The molecule has 65 heavy (non-hydrogen) atoms. The number of sulfonamides is 1. The Balaban J connectivity index is 2.31. The van der Waals surface area contributed by atoms with Gasteiger partial charge in [-0.25, -0.2) is 22.7 Å². The number of nitrogens with one attached hydrogen (secondary N) is 5. The number of rotatable bonds is 21. The molecule has 0 bridgehead atoms. The van der Waals surface area contributed by atoms with Gasteiger partial charge in [0.1, 0.15) is 18.1 Å². The topological polar surface area (TPSA) is 293 Å². The standard InChI is InChI=1S/C45H69N9O10S/c1-26(2)33(53(11)41(59)35(44(6,7)8)51-40(58)36(54(12)43(61)62)45(9,10)29-17-14-13-15-18-29)25-28(5)37(55)52-65(63,64)31-22-20-30(21-23-31)49-38(56)32(19-16-24-48-42(47)60)50-39(57)34(46)27(3)4/h13-15,17-18,20-23,25-27,32-36H,16,19,24,46H2,1-12H3,(H,49,56)(H,50,57)(H,51,58)(H,52,55)(H,61,62)(H3,47,48,60)/t32-,33+,34-,35+,36+/m0/s1. The van der Waals surface area contributed by atoms with Crippen LogP contribution in [0.25, 0.3) is 0 Å². The minimum absolute atomic E-state index is 0.0313. The van der Waals surface area contributed by atoms with Crippen molar-refractivity contribution in [2.24, 2.45) is 28.7 Å². The fourth-order valence-electron chi connectivity index (χ4n) is 6.99. The molecule has 360 valence electrons. The molecular weight excluding hydrogens is 859 g/mol. The maximum absolute atomic E-state index is 14.4. The van der Waals surface area contributed by atoms with E-state index in [-0.39, 0.29) is 47.4 Å². The monoisotopic (exact) mass is 927 g/mol. The number of amides is 8. The molecule has 0 unspecified atom stereocenters. The first-order valence-corrected chi connectivity index (χ1v) is 22.8. The fraction of sp³-hybridized carbons (Fsp3) is 0.533. The van der Waals surface area contributed by atoms with Crippen molar-refractivity contribution in [3.8, 4) is 0 Å². The van der Waals surface area contributed by atoms with Gasteiger partial charge in [0.25, 0.3) is 15.9 Å². The van der Waals surface area contributed by atoms with E-state index in [1.54, 1.807) is 92.6 Å². The van der Waals surface area contributed by atoms with Crippen LogP contribution in [0.3, 0.4) is 0 Å². The molecule has 10 N–H and O–H groups in total. The average molecular weight is 928 g/mol. The summed E-state index contributed by atoms with van der Waals surface area (Å²) in [5.74, 6) is -3.90. The van der Waals surface area contributed by atoms with Crippen LogP contribution in [0.15, 0.2) is 71.1 Å². The lowest BCUT2D eigenvalue weighted by atomic mass is 9.76. The Morgan fingerprint density at radius 1 is 0.800 bits per heavy atom. The van der Waals surface area contributed by atoms with Gasteiger partial charge in [0.15, 0.2) is 0 Å². The van der Waals surface area contributed by atoms with Crippen LogP contribution in [0.4, 0.5) is 15.3 Å². The summed E-state index contributed by atoms with van der Waals surface area (Å²) in [7, 11) is -1.66. The fourth-order valence-corrected chi connectivity index (χ4v) is 8.01. The lowest BCUT2D eigenvalue weighted by Crippen LogP contribution is -2.62. The van der Waals surface area contributed by atoms with Gasteiger partial charge in [-0.15, -0.1) is 0 Å². The molecule has 0 aliphatic rings. The molecule has 0 radical (unpaired) electrons. The molecule has 2 rings (SSSR count). The van der Waals surface area contributed by atoms with Gasteiger partial charge in [-0.3, -0.25) is 28.9 Å². The predicted molar refractivity (Wildman–Crippen MR) is 248 cm³/mol. The summed E-state index contributed by atoms with van der Waals surface area (Å²) in [6.07, 6.45) is 0.521. The number of primary amides is 1. The summed E-state index contributed by atoms with van der Waals surface area (Å²) < 4.78 is 28.8. The Morgan fingerprint density at radius 2 is 1.37 bits per heavy atom. The number of nitrogens with two attached hydrogens (primary N) is 2. The van der Waals surface area contributed by atoms with Crippen LogP contribution in [-0.2, 0) is 39.4 Å². The Hall–Kier alpha value is -6.02. The van der Waals surface area contributed by atoms with Crippen LogP contribution in [0.5, 0.6) is 0 Å². The maximum Gasteiger partial charge on any atom is 0.407 e. The average Bonchev–Trinajstić information content (AvgIpc) is 3.21. The zero-order chi connectivity index (χ0) is 49.8. The molecule has 2 aromatic carbocycles. The molecule has 20 heteroatoms. The van der Waals surface area contributed by atoms with Crippen molar-refractivity contribution in [3.63, 3.8) is 0 Å². The Labute approximate surface area is 382 Å². The number of anilines is 1. The summed E-state index contributed by atoms with van der Waals surface area (Å²) in [6, 6.07) is 8.05. The zero-order valence-electron chi connectivity index (χ0n) is 39.5. The van der Waals surface area contributed by atoms with Gasteiger partial charge >= 0.3 is 12.1 Å². The molecule has 8 amide bonds. The molecule has 0 aliphatic carbocycles. The highest BCUT2D eigenvalue weighted by molar-refractivity contribution is 7.90. The first-order valence-electron chi connectivity index (χ1n) is 21.3. The van der Waals surface area contributed by atoms with E-state index in [9.17, 15) is 47.1 Å². The van der Waals surface area contributed by atoms with Gasteiger partial charge in [0, 0.05) is 37.3 Å². The molecular formula is C45H69N9O10S. The Bertz CT molecular complexity index is 2160. The summed E-state index contributed by atoms with van der Waals surface area (Å²) in [6.45, 7) is 17.4. The molecule has 2 aromatic rings. The van der Waals surface area contributed by atoms with Gasteiger partial charge in [-0.05, 0) is 66.8 Å². The predicted octanol–water partition coefficient (Wildman–Crippen LogP) is 3.26. The minimum atomic E-state index is -4.46. The van der Waals surface area contributed by atoms with Crippen LogP contribution in [-0.4, -0.2) is 116 Å². The molecule has 19 nitrogen and oxygen atoms in total. The van der Waals surface area contributed by atoms with Gasteiger partial charge in [-0.1, -0.05) is 98.7 Å². The van der Waals surface area contributed by atoms with Gasteiger partial charge in [0.2, 0.25) is 23.6 Å². The molecule has 0 saturated carbocycles. The van der Waals surface area contributed by atoms with E-state index in [1.807, 2.05) is 4.72 Å². The van der Waals surface area contributed by atoms with Gasteiger partial charge in [-0.2, -0.15) is 0 Å². The van der Waals surface area contributed by atoms with E-state index >= 15 is 0 Å². The zero-order valence-corrected chi connectivity index (χ0v) is 40.3. The quantitative estimate of drug-likeness (QED) is 0.0664. The highest BCUT2D eigenvalue weighted by atomic mass is 32.2. The molecule has 0 fully saturated rings. The highest BCUT2D eigenvalue weighted by Crippen LogP contribution is 2.32. The number of nitrogens with zero attached hydrogens (tertiary/aromatic N) is 2. The second-order valence-electron chi connectivity index (χ2n) is 18.4. The van der Waals surface area contributed by atoms with Crippen LogP contribution in [0, 0.1) is 17.3 Å². The van der Waals surface area contributed by atoms with Crippen molar-refractivity contribution >= 4 is 57.4 Å². The third kappa shape index (κ3) is 15.6. The number of carbonyl (C=O) groups is 7. The van der Waals surface area contributed by atoms with Crippen LogP contribution < -0.4 is 37.5 Å². The Morgan fingerprint density at radius 3 is 1.86 bits per heavy atom. The van der Waals surface area contributed by atoms with Crippen LogP contribution >= 0.6 is 0 Å². The minimum Gasteiger partial charge on any atom is -0.465 e. The molecule has 5 atom stereocenters. The number of benzene rings is 2. The van der Waals surface area contributed by atoms with E-state index in [0.717, 1.165) is 4.90 Å². The SMILES string of the molecule is CC(=C[C@H](C(C)C)N(C)C(=O)[C@@H](NC(=O)[C@@H](N(C)C(=O)O)C(C)(C)c1ccccc1)C(C)(C)C)C(=O)NS(=O)(=O)c1ccc(NC(=O)[C@H](CCCNC(N)=O)NC(=O)[C@@H](N)C(C)C)cc1. The van der Waals surface area contributed by atoms with E-state index in [2.05, 4.69) is 21.3 Å². The van der Waals surface area contributed by atoms with Gasteiger partial charge in [0.05, 0.1) is 17.0 Å². The third-order valence-corrected chi connectivity index (χ3v) is 12.4. The van der Waals surface area contributed by atoms with E-state index < -0.39 is 92.7 Å². The number of carboxylic acid groups (broad SMARTS) is 1. The lowest BCUT2D eigenvalue weighted by molar-refractivity contribution is -0.141. The van der Waals surface area contributed by atoms with E-state index in [4.69, 9.17) is 11.5 Å². The maximum atomic E-state index is 14.4. The summed E-state index contributed by atoms with van der Waals surface area (Å²) in [5, 5.41) is 20.5. The van der Waals surface area contributed by atoms with Crippen molar-refractivity contribution < 1.29 is 47.1 Å². The highest BCUT2D eigenvalue weighted by Gasteiger charge is 2.45. The first kappa shape index (κ1) is 55.1. The third-order valence-electron chi connectivity index (χ3n) is 11.1. The van der Waals surface area contributed by atoms with Crippen LogP contribution in [0.2, 0.25) is 0 Å². The molecule has 0 spiro atoms. The molecule has 0 saturated heterocycles. The second-order valence-corrected chi connectivity index (χ2v) is 20.1. The number of carbonyl (C=O) groups excluding carboxylic acids is 6. The van der Waals surface area contributed by atoms with Gasteiger partial charge < -0.3 is 42.7 Å². The van der Waals surface area contributed by atoms with Crippen molar-refractivity contribution in [3.05, 3.63) is 71.8 Å². The van der Waals surface area contributed by atoms with Crippen molar-refractivity contribution in [1.82, 2.24) is 30.5 Å². The number of hydrogen-bond acceptors (Lipinski definition) is 10. The largest absolute Gasteiger partial charge is 0.465 e. The number of urea groups is 1. The Kier molecular flexibility index (Phi) is 19.7. The smallest absolute Gasteiger partial charge is 0.407 e. The van der Waals surface area contributed by atoms with Crippen molar-refractivity contribution in [2.45, 2.75) is 123 Å². The lowest BCUT2D eigenvalue weighted by Gasteiger charge is -2.41. The summed E-state index contributed by atoms with van der Waals surface area (Å²) in [4.78, 5) is 93.3. The molecule has 0 aromatic heterocycles. The first-order chi connectivity index (χ1) is 29.9. The normalized spacial score (nSPS) is 14.5. The summed E-state index contributed by atoms with van der Waals surface area (Å²) in [5.41, 5.74) is 10.0. The van der Waals surface area contributed by atoms with Crippen LogP contribution in [0.1, 0.15) is 87.6 Å².